The molecule has 0 saturated heterocycles. The summed E-state index contributed by atoms with van der Waals surface area (Å²) in [6.45, 7) is 5.37. The molecular weight excluding hydrogens is 236 g/mol. The van der Waals surface area contributed by atoms with Gasteiger partial charge in [-0.2, -0.15) is 0 Å². The van der Waals surface area contributed by atoms with Crippen LogP contribution in [0.1, 0.15) is 20.8 Å². The zero-order chi connectivity index (χ0) is 13.0. The Morgan fingerprint density at radius 2 is 1.88 bits per heavy atom. The number of benzene rings is 1. The largest absolute Gasteiger partial charge is 0.398 e. The van der Waals surface area contributed by atoms with E-state index >= 15 is 0 Å². The van der Waals surface area contributed by atoms with Crippen molar-refractivity contribution in [1.82, 2.24) is 5.32 Å². The zero-order valence-electron chi connectivity index (χ0n) is 10.3. The van der Waals surface area contributed by atoms with Crippen molar-refractivity contribution in [2.75, 3.05) is 5.73 Å². The van der Waals surface area contributed by atoms with Gasteiger partial charge in [-0.3, -0.25) is 9.00 Å². The van der Waals surface area contributed by atoms with Crippen LogP contribution in [0.5, 0.6) is 0 Å². The molecule has 17 heavy (non-hydrogen) atoms. The predicted molar refractivity (Wildman–Crippen MR) is 70.0 cm³/mol. The van der Waals surface area contributed by atoms with E-state index in [9.17, 15) is 9.00 Å². The molecule has 1 aromatic carbocycles. The third-order valence-electron chi connectivity index (χ3n) is 2.26. The third-order valence-corrected chi connectivity index (χ3v) is 3.92. The fourth-order valence-corrected chi connectivity index (χ4v) is 2.51. The maximum absolute atomic E-state index is 12.2. The number of nitrogens with one attached hydrogen (secondary N) is 1. The average molecular weight is 254 g/mol. The molecule has 0 heterocycles. The van der Waals surface area contributed by atoms with Crippen LogP contribution in [0.15, 0.2) is 29.2 Å². The first-order chi connectivity index (χ1) is 7.93. The summed E-state index contributed by atoms with van der Waals surface area (Å²) < 4.78 is 12.2. The lowest BCUT2D eigenvalue weighted by Crippen LogP contribution is -2.39. The van der Waals surface area contributed by atoms with Crippen LogP contribution in [0.2, 0.25) is 0 Å². The number of anilines is 1. The van der Waals surface area contributed by atoms with Crippen molar-refractivity contribution >= 4 is 22.4 Å². The summed E-state index contributed by atoms with van der Waals surface area (Å²) in [6, 6.07) is 6.94. The van der Waals surface area contributed by atoms with Gasteiger partial charge in [0.1, 0.15) is 5.25 Å². The van der Waals surface area contributed by atoms with Crippen LogP contribution in [0, 0.1) is 0 Å². The summed E-state index contributed by atoms with van der Waals surface area (Å²) >= 11 is 0. The SMILES string of the molecule is CC(C)NC(=O)C(C)S(=O)c1ccccc1N. The fraction of sp³-hybridized carbons (Fsp3) is 0.417. The molecule has 2 atom stereocenters. The molecular formula is C12H18N2O2S. The Hall–Kier alpha value is -1.36. The molecule has 4 nitrogen and oxygen atoms in total. The van der Waals surface area contributed by atoms with Gasteiger partial charge in [-0.1, -0.05) is 12.1 Å². The number of para-hydroxylation sites is 1. The van der Waals surface area contributed by atoms with E-state index < -0.39 is 16.0 Å². The highest BCUT2D eigenvalue weighted by atomic mass is 32.2. The zero-order valence-corrected chi connectivity index (χ0v) is 11.1. The topological polar surface area (TPSA) is 72.2 Å². The van der Waals surface area contributed by atoms with Crippen LogP contribution in [0.25, 0.3) is 0 Å². The van der Waals surface area contributed by atoms with Gasteiger partial charge in [0, 0.05) is 11.7 Å². The van der Waals surface area contributed by atoms with E-state index in [-0.39, 0.29) is 11.9 Å². The van der Waals surface area contributed by atoms with Gasteiger partial charge in [0.2, 0.25) is 5.91 Å². The molecule has 5 heteroatoms. The summed E-state index contributed by atoms with van der Waals surface area (Å²) in [4.78, 5) is 12.2. The average Bonchev–Trinajstić information content (AvgIpc) is 2.27. The number of rotatable bonds is 4. The first kappa shape index (κ1) is 13.7. The highest BCUT2D eigenvalue weighted by Gasteiger charge is 2.22. The quantitative estimate of drug-likeness (QED) is 0.795. The van der Waals surface area contributed by atoms with Gasteiger partial charge in [-0.25, -0.2) is 0 Å². The van der Waals surface area contributed by atoms with E-state index in [0.717, 1.165) is 0 Å². The van der Waals surface area contributed by atoms with Crippen LogP contribution in [0.4, 0.5) is 5.69 Å². The molecule has 0 bridgehead atoms. The maximum atomic E-state index is 12.2. The monoisotopic (exact) mass is 254 g/mol. The number of carbonyl (C=O) groups excluding carboxylic acids is 1. The molecule has 0 aromatic heterocycles. The molecule has 1 aromatic rings. The summed E-state index contributed by atoms with van der Waals surface area (Å²) in [5.41, 5.74) is 6.19. The lowest BCUT2D eigenvalue weighted by Gasteiger charge is -2.15. The van der Waals surface area contributed by atoms with Crippen molar-refractivity contribution in [1.29, 1.82) is 0 Å². The number of hydrogen-bond donors (Lipinski definition) is 2. The summed E-state index contributed by atoms with van der Waals surface area (Å²) in [5.74, 6) is -0.221. The molecule has 94 valence electrons. The van der Waals surface area contributed by atoms with Gasteiger partial charge in [0.25, 0.3) is 0 Å². The highest BCUT2D eigenvalue weighted by Crippen LogP contribution is 2.18. The lowest BCUT2D eigenvalue weighted by molar-refractivity contribution is -0.120. The van der Waals surface area contributed by atoms with Crippen LogP contribution in [-0.2, 0) is 15.6 Å². The summed E-state index contributed by atoms with van der Waals surface area (Å²) in [6.07, 6.45) is 0. The number of carbonyl (C=O) groups is 1. The third kappa shape index (κ3) is 3.56. The van der Waals surface area contributed by atoms with E-state index in [4.69, 9.17) is 5.73 Å². The first-order valence-electron chi connectivity index (χ1n) is 5.49. The Balaban J connectivity index is 2.84. The first-order valence-corrected chi connectivity index (χ1v) is 6.70. The molecule has 2 unspecified atom stereocenters. The second-order valence-electron chi connectivity index (χ2n) is 4.14. The minimum atomic E-state index is -1.42. The van der Waals surface area contributed by atoms with Crippen LogP contribution < -0.4 is 11.1 Å². The minimum absolute atomic E-state index is 0.0371. The van der Waals surface area contributed by atoms with Crippen LogP contribution in [-0.4, -0.2) is 21.4 Å². The van der Waals surface area contributed by atoms with Crippen LogP contribution in [0.3, 0.4) is 0 Å². The Kier molecular flexibility index (Phi) is 4.69. The Labute approximate surface area is 104 Å². The molecule has 0 aliphatic rings. The van der Waals surface area contributed by atoms with Crippen molar-refractivity contribution in [3.05, 3.63) is 24.3 Å². The summed E-state index contributed by atoms with van der Waals surface area (Å²) in [7, 11) is -1.42. The molecule has 1 amide bonds. The molecule has 0 aliphatic carbocycles. The highest BCUT2D eigenvalue weighted by molar-refractivity contribution is 7.86. The standard InChI is InChI=1S/C12H18N2O2S/c1-8(2)14-12(15)9(3)17(16)11-7-5-4-6-10(11)13/h4-9H,13H2,1-3H3,(H,14,15). The molecule has 0 fully saturated rings. The predicted octanol–water partition coefficient (Wildman–Crippen LogP) is 1.29. The number of nitrogen functional groups attached to an aromatic ring is 1. The molecule has 0 aliphatic heterocycles. The van der Waals surface area contributed by atoms with Gasteiger partial charge >= 0.3 is 0 Å². The fourth-order valence-electron chi connectivity index (χ4n) is 1.35. The molecule has 0 saturated carbocycles. The van der Waals surface area contributed by atoms with Gasteiger partial charge in [-0.05, 0) is 32.9 Å². The maximum Gasteiger partial charge on any atom is 0.236 e. The van der Waals surface area contributed by atoms with Crippen molar-refractivity contribution in [3.8, 4) is 0 Å². The second kappa shape index (κ2) is 5.82. The normalized spacial score (nSPS) is 14.4. The minimum Gasteiger partial charge on any atom is -0.398 e. The van der Waals surface area contributed by atoms with Gasteiger partial charge in [0.15, 0.2) is 0 Å². The molecule has 1 rings (SSSR count). The molecule has 0 radical (unpaired) electrons. The Morgan fingerprint density at radius 3 is 2.41 bits per heavy atom. The second-order valence-corrected chi connectivity index (χ2v) is 5.88. The van der Waals surface area contributed by atoms with Gasteiger partial charge in [-0.15, -0.1) is 0 Å². The van der Waals surface area contributed by atoms with Crippen LogP contribution >= 0.6 is 0 Å². The number of hydrogen-bond acceptors (Lipinski definition) is 3. The van der Waals surface area contributed by atoms with E-state index in [1.54, 1.807) is 31.2 Å². The van der Waals surface area contributed by atoms with Crippen molar-refractivity contribution in [2.45, 2.75) is 37.0 Å². The van der Waals surface area contributed by atoms with Crippen molar-refractivity contribution in [3.63, 3.8) is 0 Å². The smallest absolute Gasteiger partial charge is 0.236 e. The van der Waals surface area contributed by atoms with Crippen molar-refractivity contribution < 1.29 is 9.00 Å². The number of nitrogens with two attached hydrogens (primary N) is 1. The van der Waals surface area contributed by atoms with E-state index in [2.05, 4.69) is 5.32 Å². The van der Waals surface area contributed by atoms with Gasteiger partial charge in [0.05, 0.1) is 15.7 Å². The van der Waals surface area contributed by atoms with E-state index in [1.165, 1.54) is 0 Å². The van der Waals surface area contributed by atoms with E-state index in [1.807, 2.05) is 13.8 Å². The van der Waals surface area contributed by atoms with E-state index in [0.29, 0.717) is 10.6 Å². The summed E-state index contributed by atoms with van der Waals surface area (Å²) in [5, 5.41) is 2.13. The lowest BCUT2D eigenvalue weighted by atomic mass is 10.3. The molecule has 0 spiro atoms. The van der Waals surface area contributed by atoms with Gasteiger partial charge < -0.3 is 11.1 Å². The molecule has 3 N–H and O–H groups in total. The Morgan fingerprint density at radius 1 is 1.29 bits per heavy atom. The number of amides is 1. The Bertz CT molecular complexity index is 432. The van der Waals surface area contributed by atoms with Crippen molar-refractivity contribution in [2.24, 2.45) is 0 Å².